The SMILES string of the molecule is Cc1ccc(C(=N)N)c(N(C)Cc2csc(C)n2)c1. The van der Waals surface area contributed by atoms with Crippen molar-refractivity contribution >= 4 is 22.9 Å². The third-order valence-corrected chi connectivity index (χ3v) is 3.74. The van der Waals surface area contributed by atoms with E-state index in [2.05, 4.69) is 21.3 Å². The van der Waals surface area contributed by atoms with Gasteiger partial charge in [-0.3, -0.25) is 5.41 Å². The van der Waals surface area contributed by atoms with E-state index in [0.29, 0.717) is 6.54 Å². The predicted octanol–water partition coefficient (Wildman–Crippen LogP) is 2.68. The minimum absolute atomic E-state index is 0.0938. The van der Waals surface area contributed by atoms with Crippen LogP contribution in [0.1, 0.15) is 21.8 Å². The van der Waals surface area contributed by atoms with Gasteiger partial charge in [-0.1, -0.05) is 6.07 Å². The van der Waals surface area contributed by atoms with Gasteiger partial charge in [-0.15, -0.1) is 11.3 Å². The van der Waals surface area contributed by atoms with Crippen molar-refractivity contribution in [2.45, 2.75) is 20.4 Å². The first-order chi connectivity index (χ1) is 8.97. The lowest BCUT2D eigenvalue weighted by molar-refractivity contribution is 0.888. The molecule has 0 atom stereocenters. The lowest BCUT2D eigenvalue weighted by Crippen LogP contribution is -2.22. The van der Waals surface area contributed by atoms with Crippen molar-refractivity contribution in [3.05, 3.63) is 45.4 Å². The molecule has 0 spiro atoms. The maximum Gasteiger partial charge on any atom is 0.124 e. The van der Waals surface area contributed by atoms with Crippen molar-refractivity contribution in [2.24, 2.45) is 5.73 Å². The smallest absolute Gasteiger partial charge is 0.124 e. The Kier molecular flexibility index (Phi) is 3.85. The maximum atomic E-state index is 7.66. The standard InChI is InChI=1S/C14H18N4S/c1-9-4-5-12(14(15)16)13(6-9)18(3)7-11-8-19-10(2)17-11/h4-6,8H,7H2,1-3H3,(H3,15,16). The Morgan fingerprint density at radius 3 is 2.74 bits per heavy atom. The Morgan fingerprint density at radius 2 is 2.16 bits per heavy atom. The summed E-state index contributed by atoms with van der Waals surface area (Å²) in [5, 5.41) is 10.8. The van der Waals surface area contributed by atoms with Gasteiger partial charge in [0.2, 0.25) is 0 Å². The number of thiazole rings is 1. The van der Waals surface area contributed by atoms with Crippen molar-refractivity contribution in [1.29, 1.82) is 5.41 Å². The molecule has 1 aromatic carbocycles. The Balaban J connectivity index is 2.29. The molecule has 0 aliphatic carbocycles. The molecule has 0 fully saturated rings. The molecule has 0 unspecified atom stereocenters. The Morgan fingerprint density at radius 1 is 1.42 bits per heavy atom. The summed E-state index contributed by atoms with van der Waals surface area (Å²) in [4.78, 5) is 6.55. The van der Waals surface area contributed by atoms with Gasteiger partial charge < -0.3 is 10.6 Å². The summed E-state index contributed by atoms with van der Waals surface area (Å²) >= 11 is 1.65. The summed E-state index contributed by atoms with van der Waals surface area (Å²) in [6.45, 7) is 4.75. The van der Waals surface area contributed by atoms with Gasteiger partial charge in [-0.05, 0) is 31.5 Å². The van der Waals surface area contributed by atoms with Crippen LogP contribution in [-0.2, 0) is 6.54 Å². The van der Waals surface area contributed by atoms with E-state index in [1.807, 2.05) is 33.0 Å². The molecule has 0 saturated heterocycles. The van der Waals surface area contributed by atoms with Gasteiger partial charge in [0.1, 0.15) is 5.84 Å². The lowest BCUT2D eigenvalue weighted by atomic mass is 10.1. The van der Waals surface area contributed by atoms with Crippen LogP contribution in [0.25, 0.3) is 0 Å². The molecule has 0 bridgehead atoms. The fourth-order valence-electron chi connectivity index (χ4n) is 1.99. The van der Waals surface area contributed by atoms with Gasteiger partial charge in [0, 0.05) is 23.7 Å². The average molecular weight is 274 g/mol. The van der Waals surface area contributed by atoms with Crippen LogP contribution < -0.4 is 10.6 Å². The second-order valence-corrected chi connectivity index (χ2v) is 5.71. The van der Waals surface area contributed by atoms with Crippen LogP contribution in [0.4, 0.5) is 5.69 Å². The summed E-state index contributed by atoms with van der Waals surface area (Å²) in [6, 6.07) is 5.92. The van der Waals surface area contributed by atoms with Crippen LogP contribution in [0.5, 0.6) is 0 Å². The molecule has 4 nitrogen and oxygen atoms in total. The van der Waals surface area contributed by atoms with Gasteiger partial charge in [0.15, 0.2) is 0 Å². The number of hydrogen-bond donors (Lipinski definition) is 2. The molecule has 0 aliphatic heterocycles. The Hall–Kier alpha value is -1.88. The number of nitrogen functional groups attached to an aromatic ring is 1. The molecule has 2 aromatic rings. The maximum absolute atomic E-state index is 7.66. The van der Waals surface area contributed by atoms with Crippen LogP contribution in [0.3, 0.4) is 0 Å². The normalized spacial score (nSPS) is 10.5. The van der Waals surface area contributed by atoms with Crippen molar-refractivity contribution < 1.29 is 0 Å². The van der Waals surface area contributed by atoms with Crippen LogP contribution in [0, 0.1) is 19.3 Å². The molecule has 1 aromatic heterocycles. The molecule has 2 rings (SSSR count). The number of aryl methyl sites for hydroxylation is 2. The van der Waals surface area contributed by atoms with Gasteiger partial charge in [0.25, 0.3) is 0 Å². The van der Waals surface area contributed by atoms with E-state index in [1.54, 1.807) is 11.3 Å². The fraction of sp³-hybridized carbons (Fsp3) is 0.286. The Labute approximate surface area is 117 Å². The first-order valence-corrected chi connectivity index (χ1v) is 6.92. The molecule has 0 amide bonds. The van der Waals surface area contributed by atoms with E-state index in [4.69, 9.17) is 11.1 Å². The topological polar surface area (TPSA) is 66.0 Å². The van der Waals surface area contributed by atoms with Gasteiger partial charge >= 0.3 is 0 Å². The molecular weight excluding hydrogens is 256 g/mol. The number of anilines is 1. The van der Waals surface area contributed by atoms with E-state index in [9.17, 15) is 0 Å². The highest BCUT2D eigenvalue weighted by Crippen LogP contribution is 2.23. The molecule has 0 radical (unpaired) electrons. The lowest BCUT2D eigenvalue weighted by Gasteiger charge is -2.21. The number of aromatic nitrogens is 1. The van der Waals surface area contributed by atoms with Crippen molar-refractivity contribution in [3.8, 4) is 0 Å². The quantitative estimate of drug-likeness (QED) is 0.665. The zero-order chi connectivity index (χ0) is 14.0. The molecule has 0 saturated carbocycles. The van der Waals surface area contributed by atoms with Gasteiger partial charge in [-0.2, -0.15) is 0 Å². The minimum atomic E-state index is 0.0938. The molecular formula is C14H18N4S. The summed E-state index contributed by atoms with van der Waals surface area (Å²) < 4.78 is 0. The summed E-state index contributed by atoms with van der Waals surface area (Å²) in [6.07, 6.45) is 0. The highest BCUT2D eigenvalue weighted by atomic mass is 32.1. The third-order valence-electron chi connectivity index (χ3n) is 2.92. The van der Waals surface area contributed by atoms with E-state index >= 15 is 0 Å². The van der Waals surface area contributed by atoms with Crippen LogP contribution >= 0.6 is 11.3 Å². The van der Waals surface area contributed by atoms with Gasteiger partial charge in [-0.25, -0.2) is 4.98 Å². The van der Waals surface area contributed by atoms with Crippen molar-refractivity contribution in [1.82, 2.24) is 4.98 Å². The highest BCUT2D eigenvalue weighted by Gasteiger charge is 2.11. The van der Waals surface area contributed by atoms with Crippen LogP contribution in [-0.4, -0.2) is 17.9 Å². The first-order valence-electron chi connectivity index (χ1n) is 6.04. The van der Waals surface area contributed by atoms with Crippen LogP contribution in [0.15, 0.2) is 23.6 Å². The van der Waals surface area contributed by atoms with Crippen molar-refractivity contribution in [2.75, 3.05) is 11.9 Å². The van der Waals surface area contributed by atoms with E-state index < -0.39 is 0 Å². The van der Waals surface area contributed by atoms with E-state index in [-0.39, 0.29) is 5.84 Å². The Bertz CT molecular complexity index is 603. The third kappa shape index (κ3) is 3.12. The highest BCUT2D eigenvalue weighted by molar-refractivity contribution is 7.09. The molecule has 5 heteroatoms. The molecule has 3 N–H and O–H groups in total. The first kappa shape index (κ1) is 13.5. The van der Waals surface area contributed by atoms with Crippen molar-refractivity contribution in [3.63, 3.8) is 0 Å². The number of nitrogens with zero attached hydrogens (tertiary/aromatic N) is 2. The molecule has 19 heavy (non-hydrogen) atoms. The second-order valence-electron chi connectivity index (χ2n) is 4.65. The minimum Gasteiger partial charge on any atom is -0.384 e. The molecule has 1 heterocycles. The molecule has 100 valence electrons. The summed E-state index contributed by atoms with van der Waals surface area (Å²) in [7, 11) is 2.00. The average Bonchev–Trinajstić information content (AvgIpc) is 2.74. The number of amidine groups is 1. The summed E-state index contributed by atoms with van der Waals surface area (Å²) in [5.74, 6) is 0.0938. The zero-order valence-electron chi connectivity index (χ0n) is 11.4. The molecule has 0 aliphatic rings. The predicted molar refractivity (Wildman–Crippen MR) is 81.2 cm³/mol. The second kappa shape index (κ2) is 5.40. The number of nitrogens with one attached hydrogen (secondary N) is 1. The fourth-order valence-corrected chi connectivity index (χ4v) is 2.60. The monoisotopic (exact) mass is 274 g/mol. The van der Waals surface area contributed by atoms with E-state index in [0.717, 1.165) is 27.5 Å². The largest absolute Gasteiger partial charge is 0.384 e. The number of nitrogens with two attached hydrogens (primary N) is 1. The van der Waals surface area contributed by atoms with Crippen LogP contribution in [0.2, 0.25) is 0 Å². The van der Waals surface area contributed by atoms with E-state index in [1.165, 1.54) is 0 Å². The van der Waals surface area contributed by atoms with Gasteiger partial charge in [0.05, 0.1) is 17.2 Å². The number of rotatable bonds is 4. The number of hydrogen-bond acceptors (Lipinski definition) is 4. The summed E-state index contributed by atoms with van der Waals surface area (Å²) in [5.41, 5.74) is 9.57. The number of benzene rings is 1. The zero-order valence-corrected chi connectivity index (χ0v) is 12.2.